The molecule has 0 radical (unpaired) electrons. The van der Waals surface area contributed by atoms with Crippen LogP contribution in [0.2, 0.25) is 0 Å². The van der Waals surface area contributed by atoms with Crippen LogP contribution >= 0.6 is 11.8 Å². The number of nitrogens with zero attached hydrogens (tertiary/aromatic N) is 2. The molecule has 33 heavy (non-hydrogen) atoms. The smallest absolute Gasteiger partial charge is 0.413 e. The largest absolute Gasteiger partial charge is 0.444 e. The van der Waals surface area contributed by atoms with E-state index in [1.54, 1.807) is 34.9 Å². The highest BCUT2D eigenvalue weighted by molar-refractivity contribution is 8.04. The molecule has 2 unspecified atom stereocenters. The number of anilines is 1. The second-order valence-electron chi connectivity index (χ2n) is 9.03. The van der Waals surface area contributed by atoms with Crippen LogP contribution < -0.4 is 16.0 Å². The van der Waals surface area contributed by atoms with Gasteiger partial charge in [-0.25, -0.2) is 14.6 Å². The lowest BCUT2D eigenvalue weighted by molar-refractivity contribution is -0.117. The second-order valence-corrected chi connectivity index (χ2v) is 10.1. The monoisotopic (exact) mass is 475 g/mol. The van der Waals surface area contributed by atoms with Gasteiger partial charge in [-0.3, -0.25) is 14.9 Å². The number of nitrogens with one attached hydrogen (secondary N) is 3. The second kappa shape index (κ2) is 9.82. The molecule has 3 amide bonds. The van der Waals surface area contributed by atoms with Crippen LogP contribution in [0, 0.1) is 5.92 Å². The van der Waals surface area contributed by atoms with Crippen LogP contribution in [0.15, 0.2) is 28.9 Å². The van der Waals surface area contributed by atoms with Gasteiger partial charge in [0.2, 0.25) is 0 Å². The van der Waals surface area contributed by atoms with Crippen molar-refractivity contribution in [1.82, 2.24) is 20.5 Å². The van der Waals surface area contributed by atoms with Crippen molar-refractivity contribution in [2.24, 2.45) is 5.92 Å². The van der Waals surface area contributed by atoms with Crippen LogP contribution in [-0.4, -0.2) is 58.8 Å². The molecule has 2 aliphatic rings. The molecule has 1 aliphatic heterocycles. The number of urea groups is 1. The maximum Gasteiger partial charge on any atom is 0.413 e. The van der Waals surface area contributed by atoms with E-state index in [2.05, 4.69) is 20.9 Å². The summed E-state index contributed by atoms with van der Waals surface area (Å²) in [6.07, 6.45) is 2.43. The minimum atomic E-state index is -0.818. The van der Waals surface area contributed by atoms with Gasteiger partial charge < -0.3 is 20.3 Å². The first-order valence-electron chi connectivity index (χ1n) is 10.6. The Bertz CT molecular complexity index is 984. The first kappa shape index (κ1) is 24.6. The van der Waals surface area contributed by atoms with Gasteiger partial charge in [-0.15, -0.1) is 0 Å². The van der Waals surface area contributed by atoms with E-state index in [1.807, 2.05) is 0 Å². The number of Topliss-reactive ketones (excluding diaryl/α,β-unsaturated/α-hetero) is 2. The van der Waals surface area contributed by atoms with Gasteiger partial charge in [-0.05, 0) is 52.2 Å². The lowest BCUT2D eigenvalue weighted by atomic mass is 9.91. The predicted octanol–water partition coefficient (Wildman–Crippen LogP) is 3.08. The number of ether oxygens (including phenoxy) is 1. The van der Waals surface area contributed by atoms with Crippen molar-refractivity contribution in [1.29, 1.82) is 0 Å². The third-order valence-electron chi connectivity index (χ3n) is 4.93. The van der Waals surface area contributed by atoms with Crippen molar-refractivity contribution in [3.8, 4) is 0 Å². The number of rotatable bonds is 4. The Morgan fingerprint density at radius 1 is 1.24 bits per heavy atom. The molecule has 0 spiro atoms. The SMILES string of the molecule is CN(C)C(=O)NC1NC2=C(S1)C(=O)C(C(=O)c1ccc(NC(=O)OC(C)(C)C)nc1)CCC2. The summed E-state index contributed by atoms with van der Waals surface area (Å²) in [7, 11) is 3.27. The number of pyridine rings is 1. The summed E-state index contributed by atoms with van der Waals surface area (Å²) in [6.45, 7) is 5.26. The molecule has 3 N–H and O–H groups in total. The normalized spacial score (nSPS) is 20.3. The van der Waals surface area contributed by atoms with Crippen LogP contribution in [0.3, 0.4) is 0 Å². The van der Waals surface area contributed by atoms with Crippen LogP contribution in [0.1, 0.15) is 50.4 Å². The molecular formula is C22H29N5O5S. The number of carbonyl (C=O) groups is 4. The zero-order valence-electron chi connectivity index (χ0n) is 19.4. The molecule has 11 heteroatoms. The number of allylic oxidation sites excluding steroid dienone is 2. The number of hydrogen-bond donors (Lipinski definition) is 3. The summed E-state index contributed by atoms with van der Waals surface area (Å²) in [5, 5.41) is 8.48. The van der Waals surface area contributed by atoms with Gasteiger partial charge in [-0.2, -0.15) is 0 Å². The summed E-state index contributed by atoms with van der Waals surface area (Å²) >= 11 is 1.22. The fourth-order valence-electron chi connectivity index (χ4n) is 3.39. The molecule has 1 aliphatic carbocycles. The molecular weight excluding hydrogens is 446 g/mol. The lowest BCUT2D eigenvalue weighted by Gasteiger charge is -2.19. The lowest BCUT2D eigenvalue weighted by Crippen LogP contribution is -2.44. The average Bonchev–Trinajstić information content (AvgIpc) is 3.05. The van der Waals surface area contributed by atoms with E-state index in [9.17, 15) is 19.2 Å². The van der Waals surface area contributed by atoms with Crippen LogP contribution in [0.5, 0.6) is 0 Å². The van der Waals surface area contributed by atoms with Crippen molar-refractivity contribution in [2.45, 2.75) is 51.1 Å². The van der Waals surface area contributed by atoms with Gasteiger partial charge in [0, 0.05) is 31.6 Å². The van der Waals surface area contributed by atoms with Crippen LogP contribution in [-0.2, 0) is 9.53 Å². The molecule has 1 aromatic heterocycles. The van der Waals surface area contributed by atoms with Gasteiger partial charge in [0.15, 0.2) is 17.1 Å². The molecule has 2 atom stereocenters. The molecule has 1 aromatic rings. The molecule has 0 fully saturated rings. The zero-order valence-corrected chi connectivity index (χ0v) is 20.2. The van der Waals surface area contributed by atoms with Gasteiger partial charge >= 0.3 is 12.1 Å². The predicted molar refractivity (Wildman–Crippen MR) is 125 cm³/mol. The van der Waals surface area contributed by atoms with E-state index in [0.717, 1.165) is 5.70 Å². The van der Waals surface area contributed by atoms with Gasteiger partial charge in [0.1, 0.15) is 11.4 Å². The molecule has 2 heterocycles. The van der Waals surface area contributed by atoms with E-state index in [-0.39, 0.29) is 23.4 Å². The van der Waals surface area contributed by atoms with Crippen molar-refractivity contribution >= 4 is 41.3 Å². The minimum absolute atomic E-state index is 0.244. The van der Waals surface area contributed by atoms with Crippen molar-refractivity contribution in [2.75, 3.05) is 19.4 Å². The summed E-state index contributed by atoms with van der Waals surface area (Å²) in [6, 6.07) is 2.76. The van der Waals surface area contributed by atoms with Crippen molar-refractivity contribution in [3.63, 3.8) is 0 Å². The van der Waals surface area contributed by atoms with Crippen molar-refractivity contribution in [3.05, 3.63) is 34.5 Å². The standard InChI is InChI=1S/C22H29N5O5S/c1-22(2,3)32-21(31)25-15-10-9-12(11-23-15)16(28)13-7-6-8-14-18(17(13)29)33-19(24-14)26-20(30)27(4)5/h9-11,13,19,24H,6-8H2,1-5H3,(H,26,30)(H,23,25,31). The summed E-state index contributed by atoms with van der Waals surface area (Å²) in [5.41, 5.74) is -0.0445. The summed E-state index contributed by atoms with van der Waals surface area (Å²) in [4.78, 5) is 56.2. The van der Waals surface area contributed by atoms with Gasteiger partial charge in [0.25, 0.3) is 0 Å². The average molecular weight is 476 g/mol. The quantitative estimate of drug-likeness (QED) is 0.447. The highest BCUT2D eigenvalue weighted by Gasteiger charge is 2.38. The van der Waals surface area contributed by atoms with E-state index >= 15 is 0 Å². The molecule has 0 bridgehead atoms. The Labute approximate surface area is 196 Å². The number of aromatic nitrogens is 1. The fraction of sp³-hybridized carbons (Fsp3) is 0.500. The summed E-state index contributed by atoms with van der Waals surface area (Å²) in [5.74, 6) is -1.14. The molecule has 0 saturated heterocycles. The molecule has 0 aromatic carbocycles. The van der Waals surface area contributed by atoms with Crippen LogP contribution in [0.4, 0.5) is 15.4 Å². The fourth-order valence-corrected chi connectivity index (χ4v) is 4.55. The summed E-state index contributed by atoms with van der Waals surface area (Å²) < 4.78 is 5.18. The minimum Gasteiger partial charge on any atom is -0.444 e. The molecule has 3 rings (SSSR count). The number of ketones is 2. The maximum absolute atomic E-state index is 13.2. The third-order valence-corrected chi connectivity index (χ3v) is 6.08. The number of hydrogen-bond acceptors (Lipinski definition) is 8. The van der Waals surface area contributed by atoms with E-state index < -0.39 is 23.1 Å². The Morgan fingerprint density at radius 2 is 1.97 bits per heavy atom. The van der Waals surface area contributed by atoms with E-state index in [0.29, 0.717) is 29.7 Å². The van der Waals surface area contributed by atoms with E-state index in [1.165, 1.54) is 35.0 Å². The maximum atomic E-state index is 13.2. The third kappa shape index (κ3) is 6.25. The van der Waals surface area contributed by atoms with Gasteiger partial charge in [0.05, 0.1) is 10.8 Å². The first-order valence-corrected chi connectivity index (χ1v) is 11.5. The number of thioether (sulfide) groups is 1. The molecule has 10 nitrogen and oxygen atoms in total. The first-order chi connectivity index (χ1) is 15.4. The zero-order chi connectivity index (χ0) is 24.3. The van der Waals surface area contributed by atoms with E-state index in [4.69, 9.17) is 4.74 Å². The highest BCUT2D eigenvalue weighted by atomic mass is 32.2. The number of carbonyl (C=O) groups excluding carboxylic acids is 4. The Morgan fingerprint density at radius 3 is 2.58 bits per heavy atom. The van der Waals surface area contributed by atoms with Gasteiger partial charge in [-0.1, -0.05) is 11.8 Å². The topological polar surface area (TPSA) is 130 Å². The van der Waals surface area contributed by atoms with Crippen molar-refractivity contribution < 1.29 is 23.9 Å². The molecule has 0 saturated carbocycles. The highest BCUT2D eigenvalue weighted by Crippen LogP contribution is 2.38. The Balaban J connectivity index is 1.66. The number of amides is 3. The Kier molecular flexibility index (Phi) is 7.31. The Hall–Kier alpha value is -3.08. The molecule has 178 valence electrons. The van der Waals surface area contributed by atoms with Crippen LogP contribution in [0.25, 0.3) is 0 Å².